The summed E-state index contributed by atoms with van der Waals surface area (Å²) in [5.74, 6) is 0. The molecule has 0 bridgehead atoms. The van der Waals surface area contributed by atoms with Gasteiger partial charge in [0.15, 0.2) is 0 Å². The Labute approximate surface area is 91.4 Å². The minimum absolute atomic E-state index is 1.30. The van der Waals surface area contributed by atoms with Crippen LogP contribution in [0.5, 0.6) is 0 Å². The van der Waals surface area contributed by atoms with E-state index in [9.17, 15) is 0 Å². The Balaban J connectivity index is -0.000000266. The second kappa shape index (κ2) is 18.1. The maximum absolute atomic E-state index is 2.17. The fourth-order valence-corrected chi connectivity index (χ4v) is 0.753. The third-order valence-corrected chi connectivity index (χ3v) is 1.34. The summed E-state index contributed by atoms with van der Waals surface area (Å²) in [6.07, 6.45) is 8.43. The van der Waals surface area contributed by atoms with E-state index < -0.39 is 0 Å². The Morgan fingerprint density at radius 1 is 0.786 bits per heavy atom. The molecule has 0 N–H and O–H groups in total. The van der Waals surface area contributed by atoms with Gasteiger partial charge in [-0.3, -0.25) is 0 Å². The molecule has 0 atom stereocenters. The average Bonchev–Trinajstić information content (AvgIpc) is 2.24. The number of allylic oxidation sites excluding steroid dienone is 6. The minimum atomic E-state index is 1.30. The highest BCUT2D eigenvalue weighted by atomic mass is 13.9. The van der Waals surface area contributed by atoms with Crippen molar-refractivity contribution in [3.63, 3.8) is 0 Å². The van der Waals surface area contributed by atoms with Crippen LogP contribution in [0.2, 0.25) is 0 Å². The molecule has 0 aromatic rings. The molecular formula is C14H28. The van der Waals surface area contributed by atoms with E-state index in [0.29, 0.717) is 0 Å². The van der Waals surface area contributed by atoms with Gasteiger partial charge in [-0.25, -0.2) is 0 Å². The van der Waals surface area contributed by atoms with Crippen molar-refractivity contribution in [3.8, 4) is 0 Å². The number of hydrogen-bond acceptors (Lipinski definition) is 0. The molecule has 14 heavy (non-hydrogen) atoms. The number of rotatable bonds is 2. The molecule has 0 aliphatic carbocycles. The fourth-order valence-electron chi connectivity index (χ4n) is 0.753. The Hall–Kier alpha value is -0.780. The summed E-state index contributed by atoms with van der Waals surface area (Å²) in [5, 5.41) is 0. The maximum Gasteiger partial charge on any atom is -0.0398 e. The summed E-state index contributed by atoms with van der Waals surface area (Å²) in [7, 11) is 0. The lowest BCUT2D eigenvalue weighted by Crippen LogP contribution is -1.70. The molecule has 0 amide bonds. The topological polar surface area (TPSA) is 0 Å². The molecule has 0 aliphatic heterocycles. The van der Waals surface area contributed by atoms with Gasteiger partial charge in [0.25, 0.3) is 0 Å². The lowest BCUT2D eigenvalue weighted by molar-refractivity contribution is 1.41. The predicted octanol–water partition coefficient (Wildman–Crippen LogP) is 5.53. The van der Waals surface area contributed by atoms with Crippen LogP contribution < -0.4 is 0 Å². The van der Waals surface area contributed by atoms with Gasteiger partial charge in [-0.05, 0) is 27.7 Å². The largest absolute Gasteiger partial charge is 0.0874 e. The average molecular weight is 196 g/mol. The van der Waals surface area contributed by atoms with Crippen LogP contribution in [0.25, 0.3) is 0 Å². The second-order valence-electron chi connectivity index (χ2n) is 2.42. The van der Waals surface area contributed by atoms with Gasteiger partial charge in [-0.1, -0.05) is 63.1 Å². The third kappa shape index (κ3) is 17.3. The molecule has 0 aliphatic rings. The standard InChI is InChI=1S/C10H16.2C2H6/c1-5-7-10(4)8-9(3)6-2;2*1-2/h5-8H,1-4H3;2*1-2H3/b7-5-,9-6-,10-8-;;. The zero-order valence-electron chi connectivity index (χ0n) is 11.3. The molecule has 0 spiro atoms. The molecule has 0 saturated heterocycles. The normalized spacial score (nSPS) is 11.4. The predicted molar refractivity (Wildman–Crippen MR) is 70.7 cm³/mol. The van der Waals surface area contributed by atoms with Crippen LogP contribution in [-0.4, -0.2) is 0 Å². The van der Waals surface area contributed by atoms with Gasteiger partial charge in [0.2, 0.25) is 0 Å². The van der Waals surface area contributed by atoms with E-state index in [1.807, 2.05) is 34.6 Å². The summed E-state index contributed by atoms with van der Waals surface area (Å²) in [5.41, 5.74) is 2.62. The van der Waals surface area contributed by atoms with Crippen LogP contribution in [-0.2, 0) is 0 Å². The smallest absolute Gasteiger partial charge is 0.0398 e. The van der Waals surface area contributed by atoms with Crippen LogP contribution in [0, 0.1) is 0 Å². The summed E-state index contributed by atoms with van der Waals surface area (Å²) in [6.45, 7) is 16.3. The molecule has 0 heterocycles. The van der Waals surface area contributed by atoms with Gasteiger partial charge < -0.3 is 0 Å². The SMILES string of the molecule is CC.CC.C\C=C/C(C)=C\C(C)=C/C. The zero-order valence-corrected chi connectivity index (χ0v) is 11.3. The Bertz CT molecular complexity index is 168. The van der Waals surface area contributed by atoms with Gasteiger partial charge in [0.1, 0.15) is 0 Å². The molecule has 0 radical (unpaired) electrons. The van der Waals surface area contributed by atoms with Crippen molar-refractivity contribution in [3.05, 3.63) is 35.5 Å². The van der Waals surface area contributed by atoms with Crippen LogP contribution >= 0.6 is 0 Å². The van der Waals surface area contributed by atoms with Crippen molar-refractivity contribution in [1.29, 1.82) is 0 Å². The van der Waals surface area contributed by atoms with Crippen LogP contribution in [0.15, 0.2) is 35.5 Å². The van der Waals surface area contributed by atoms with Gasteiger partial charge >= 0.3 is 0 Å². The third-order valence-electron chi connectivity index (χ3n) is 1.34. The highest BCUT2D eigenvalue weighted by Crippen LogP contribution is 2.01. The molecule has 0 unspecified atom stereocenters. The number of hydrogen-bond donors (Lipinski definition) is 0. The monoisotopic (exact) mass is 196 g/mol. The van der Waals surface area contributed by atoms with Crippen molar-refractivity contribution < 1.29 is 0 Å². The van der Waals surface area contributed by atoms with Gasteiger partial charge in [0.05, 0.1) is 0 Å². The quantitative estimate of drug-likeness (QED) is 0.510. The highest BCUT2D eigenvalue weighted by molar-refractivity contribution is 5.26. The second-order valence-corrected chi connectivity index (χ2v) is 2.42. The van der Waals surface area contributed by atoms with Gasteiger partial charge in [-0.15, -0.1) is 0 Å². The van der Waals surface area contributed by atoms with E-state index in [-0.39, 0.29) is 0 Å². The van der Waals surface area contributed by atoms with Gasteiger partial charge in [0, 0.05) is 0 Å². The molecule has 0 saturated carbocycles. The Kier molecular flexibility index (Phi) is 24.4. The minimum Gasteiger partial charge on any atom is -0.0874 e. The fraction of sp³-hybridized carbons (Fsp3) is 0.571. The molecule has 0 aromatic carbocycles. The van der Waals surface area contributed by atoms with E-state index >= 15 is 0 Å². The van der Waals surface area contributed by atoms with Crippen LogP contribution in [0.1, 0.15) is 55.4 Å². The molecule has 0 nitrogen and oxygen atoms in total. The van der Waals surface area contributed by atoms with E-state index in [0.717, 1.165) is 0 Å². The summed E-state index contributed by atoms with van der Waals surface area (Å²) in [4.78, 5) is 0. The first-order valence-corrected chi connectivity index (χ1v) is 5.64. The van der Waals surface area contributed by atoms with Crippen molar-refractivity contribution in [2.24, 2.45) is 0 Å². The molecule has 0 fully saturated rings. The summed E-state index contributed by atoms with van der Waals surface area (Å²) >= 11 is 0. The molecule has 84 valence electrons. The van der Waals surface area contributed by atoms with Crippen molar-refractivity contribution in [1.82, 2.24) is 0 Å². The first kappa shape index (κ1) is 18.9. The Morgan fingerprint density at radius 2 is 1.21 bits per heavy atom. The van der Waals surface area contributed by atoms with Crippen LogP contribution in [0.4, 0.5) is 0 Å². The van der Waals surface area contributed by atoms with E-state index in [1.54, 1.807) is 0 Å². The molecule has 0 heteroatoms. The van der Waals surface area contributed by atoms with E-state index in [1.165, 1.54) is 11.1 Å². The van der Waals surface area contributed by atoms with Crippen molar-refractivity contribution >= 4 is 0 Å². The lowest BCUT2D eigenvalue weighted by atomic mass is 10.2. The summed E-state index contributed by atoms with van der Waals surface area (Å²) in [6, 6.07) is 0. The van der Waals surface area contributed by atoms with E-state index in [4.69, 9.17) is 0 Å². The molecule has 0 aromatic heterocycles. The first-order valence-electron chi connectivity index (χ1n) is 5.64. The van der Waals surface area contributed by atoms with Crippen LogP contribution in [0.3, 0.4) is 0 Å². The van der Waals surface area contributed by atoms with Crippen molar-refractivity contribution in [2.45, 2.75) is 55.4 Å². The highest BCUT2D eigenvalue weighted by Gasteiger charge is 1.80. The maximum atomic E-state index is 2.17. The zero-order chi connectivity index (χ0) is 12.0. The molecular weight excluding hydrogens is 168 g/mol. The van der Waals surface area contributed by atoms with Gasteiger partial charge in [-0.2, -0.15) is 0 Å². The first-order chi connectivity index (χ1) is 6.70. The van der Waals surface area contributed by atoms with Crippen molar-refractivity contribution in [2.75, 3.05) is 0 Å². The lowest BCUT2D eigenvalue weighted by Gasteiger charge is -1.91. The molecule has 0 rings (SSSR count). The Morgan fingerprint density at radius 3 is 1.50 bits per heavy atom. The van der Waals surface area contributed by atoms with E-state index in [2.05, 4.69) is 45.1 Å². The summed E-state index contributed by atoms with van der Waals surface area (Å²) < 4.78 is 0.